The van der Waals surface area contributed by atoms with Gasteiger partial charge in [0.05, 0.1) is 0 Å². The zero-order chi connectivity index (χ0) is 13.9. The summed E-state index contributed by atoms with van der Waals surface area (Å²) in [5.41, 5.74) is 10.9. The van der Waals surface area contributed by atoms with Crippen molar-refractivity contribution in [2.45, 2.75) is 12.8 Å². The van der Waals surface area contributed by atoms with Crippen LogP contribution in [0.5, 0.6) is 0 Å². The van der Waals surface area contributed by atoms with Gasteiger partial charge in [0.1, 0.15) is 0 Å². The average Bonchev–Trinajstić information content (AvgIpc) is 2.79. The Morgan fingerprint density at radius 1 is 0.950 bits per heavy atom. The first kappa shape index (κ1) is 12.9. The van der Waals surface area contributed by atoms with Crippen LogP contribution in [0.2, 0.25) is 0 Å². The number of benzene rings is 2. The zero-order valence-electron chi connectivity index (χ0n) is 11.8. The van der Waals surface area contributed by atoms with Gasteiger partial charge in [-0.1, -0.05) is 42.5 Å². The van der Waals surface area contributed by atoms with Crippen molar-refractivity contribution in [3.63, 3.8) is 0 Å². The fourth-order valence-electron chi connectivity index (χ4n) is 2.78. The van der Waals surface area contributed by atoms with Gasteiger partial charge in [-0.05, 0) is 42.1 Å². The van der Waals surface area contributed by atoms with Crippen molar-refractivity contribution >= 4 is 10.9 Å². The summed E-state index contributed by atoms with van der Waals surface area (Å²) in [5, 5.41) is 1.35. The first-order chi connectivity index (χ1) is 9.78. The van der Waals surface area contributed by atoms with Crippen LogP contribution in [-0.4, -0.2) is 11.1 Å². The van der Waals surface area contributed by atoms with Crippen LogP contribution in [0.1, 0.15) is 16.7 Å². The maximum atomic E-state index is 5.58. The molecular formula is C18H20N2. The normalized spacial score (nSPS) is 11.1. The number of aryl methyl sites for hydroxylation is 1. The van der Waals surface area contributed by atoms with E-state index in [1.165, 1.54) is 27.6 Å². The van der Waals surface area contributed by atoms with Crippen LogP contribution < -0.4 is 5.73 Å². The summed E-state index contributed by atoms with van der Waals surface area (Å²) >= 11 is 0. The van der Waals surface area contributed by atoms with Crippen molar-refractivity contribution in [3.05, 3.63) is 71.4 Å². The molecule has 2 aromatic carbocycles. The van der Waals surface area contributed by atoms with Crippen LogP contribution in [-0.2, 0) is 19.9 Å². The minimum Gasteiger partial charge on any atom is -0.350 e. The predicted molar refractivity (Wildman–Crippen MR) is 84.9 cm³/mol. The maximum absolute atomic E-state index is 5.58. The molecule has 2 N–H and O–H groups in total. The van der Waals surface area contributed by atoms with Crippen molar-refractivity contribution in [3.8, 4) is 0 Å². The standard InChI is InChI=1S/C18H20N2/c1-20-13-16(17-4-2-3-5-18(17)20)12-15-8-6-14(7-9-15)10-11-19/h2-9,13H,10-12,19H2,1H3. The van der Waals surface area contributed by atoms with Gasteiger partial charge >= 0.3 is 0 Å². The van der Waals surface area contributed by atoms with Gasteiger partial charge in [0, 0.05) is 24.1 Å². The van der Waals surface area contributed by atoms with Gasteiger partial charge in [-0.2, -0.15) is 0 Å². The number of para-hydroxylation sites is 1. The number of hydrogen-bond donors (Lipinski definition) is 1. The molecular weight excluding hydrogens is 244 g/mol. The summed E-state index contributed by atoms with van der Waals surface area (Å²) in [6, 6.07) is 17.4. The van der Waals surface area contributed by atoms with Crippen LogP contribution in [0, 0.1) is 0 Å². The van der Waals surface area contributed by atoms with E-state index >= 15 is 0 Å². The van der Waals surface area contributed by atoms with E-state index in [1.807, 2.05) is 0 Å². The molecule has 0 saturated heterocycles. The van der Waals surface area contributed by atoms with E-state index in [0.29, 0.717) is 6.54 Å². The number of rotatable bonds is 4. The van der Waals surface area contributed by atoms with Crippen molar-refractivity contribution in [1.82, 2.24) is 4.57 Å². The molecule has 0 bridgehead atoms. The molecule has 0 aliphatic heterocycles. The maximum Gasteiger partial charge on any atom is 0.0480 e. The quantitative estimate of drug-likeness (QED) is 0.770. The molecule has 0 aliphatic rings. The van der Waals surface area contributed by atoms with Crippen molar-refractivity contribution < 1.29 is 0 Å². The molecule has 2 nitrogen and oxygen atoms in total. The molecule has 0 spiro atoms. The van der Waals surface area contributed by atoms with Crippen molar-refractivity contribution in [2.24, 2.45) is 12.8 Å². The molecule has 3 aromatic rings. The third-order valence-corrected chi connectivity index (χ3v) is 3.83. The van der Waals surface area contributed by atoms with Gasteiger partial charge in [0.2, 0.25) is 0 Å². The van der Waals surface area contributed by atoms with E-state index in [4.69, 9.17) is 5.73 Å². The molecule has 0 fully saturated rings. The van der Waals surface area contributed by atoms with Gasteiger partial charge in [0.25, 0.3) is 0 Å². The van der Waals surface area contributed by atoms with E-state index < -0.39 is 0 Å². The molecule has 3 rings (SSSR count). The number of hydrogen-bond acceptors (Lipinski definition) is 1. The van der Waals surface area contributed by atoms with Crippen LogP contribution in [0.15, 0.2) is 54.7 Å². The molecule has 102 valence electrons. The Kier molecular flexibility index (Phi) is 3.57. The van der Waals surface area contributed by atoms with E-state index in [0.717, 1.165) is 12.8 Å². The highest BCUT2D eigenvalue weighted by Gasteiger charge is 2.06. The zero-order valence-corrected chi connectivity index (χ0v) is 11.8. The summed E-state index contributed by atoms with van der Waals surface area (Å²) in [7, 11) is 2.11. The summed E-state index contributed by atoms with van der Waals surface area (Å²) in [6.45, 7) is 0.711. The SMILES string of the molecule is Cn1cc(Cc2ccc(CCN)cc2)c2ccccc21. The molecule has 0 amide bonds. The largest absolute Gasteiger partial charge is 0.350 e. The van der Waals surface area contributed by atoms with Crippen LogP contribution in [0.4, 0.5) is 0 Å². The molecule has 0 saturated carbocycles. The van der Waals surface area contributed by atoms with Crippen LogP contribution >= 0.6 is 0 Å². The number of fused-ring (bicyclic) bond motifs is 1. The van der Waals surface area contributed by atoms with Gasteiger partial charge < -0.3 is 10.3 Å². The average molecular weight is 264 g/mol. The smallest absolute Gasteiger partial charge is 0.0480 e. The molecule has 2 heteroatoms. The monoisotopic (exact) mass is 264 g/mol. The number of nitrogens with two attached hydrogens (primary N) is 1. The first-order valence-electron chi connectivity index (χ1n) is 7.09. The lowest BCUT2D eigenvalue weighted by Gasteiger charge is -2.03. The van der Waals surface area contributed by atoms with Crippen molar-refractivity contribution in [2.75, 3.05) is 6.54 Å². The Labute approximate surface area is 119 Å². The molecule has 1 aromatic heterocycles. The van der Waals surface area contributed by atoms with Gasteiger partial charge in [-0.25, -0.2) is 0 Å². The van der Waals surface area contributed by atoms with E-state index in [-0.39, 0.29) is 0 Å². The predicted octanol–water partition coefficient (Wildman–Crippen LogP) is 3.27. The van der Waals surface area contributed by atoms with E-state index in [1.54, 1.807) is 0 Å². The highest BCUT2D eigenvalue weighted by molar-refractivity contribution is 5.84. The molecule has 0 radical (unpaired) electrons. The Balaban J connectivity index is 1.89. The second kappa shape index (κ2) is 5.51. The molecule has 20 heavy (non-hydrogen) atoms. The third-order valence-electron chi connectivity index (χ3n) is 3.83. The Morgan fingerprint density at radius 3 is 2.40 bits per heavy atom. The van der Waals surface area contributed by atoms with Gasteiger partial charge in [0.15, 0.2) is 0 Å². The Bertz CT molecular complexity index is 708. The Hall–Kier alpha value is -2.06. The lowest BCUT2D eigenvalue weighted by atomic mass is 10.0. The topological polar surface area (TPSA) is 30.9 Å². The highest BCUT2D eigenvalue weighted by atomic mass is 14.9. The molecule has 0 atom stereocenters. The second-order valence-corrected chi connectivity index (χ2v) is 5.31. The summed E-state index contributed by atoms with van der Waals surface area (Å²) < 4.78 is 2.20. The van der Waals surface area contributed by atoms with E-state index in [9.17, 15) is 0 Å². The minimum atomic E-state index is 0.711. The van der Waals surface area contributed by atoms with Gasteiger partial charge in [-0.15, -0.1) is 0 Å². The molecule has 0 unspecified atom stereocenters. The fraction of sp³-hybridized carbons (Fsp3) is 0.222. The second-order valence-electron chi connectivity index (χ2n) is 5.31. The minimum absolute atomic E-state index is 0.711. The summed E-state index contributed by atoms with van der Waals surface area (Å²) in [6.07, 6.45) is 4.16. The van der Waals surface area contributed by atoms with Gasteiger partial charge in [-0.3, -0.25) is 0 Å². The fourth-order valence-corrected chi connectivity index (χ4v) is 2.78. The van der Waals surface area contributed by atoms with Crippen molar-refractivity contribution in [1.29, 1.82) is 0 Å². The van der Waals surface area contributed by atoms with E-state index in [2.05, 4.69) is 66.3 Å². The first-order valence-corrected chi connectivity index (χ1v) is 7.09. The van der Waals surface area contributed by atoms with Crippen LogP contribution in [0.3, 0.4) is 0 Å². The molecule has 1 heterocycles. The lowest BCUT2D eigenvalue weighted by molar-refractivity contribution is 0.955. The number of nitrogens with zero attached hydrogens (tertiary/aromatic N) is 1. The Morgan fingerprint density at radius 2 is 1.65 bits per heavy atom. The summed E-state index contributed by atoms with van der Waals surface area (Å²) in [4.78, 5) is 0. The summed E-state index contributed by atoms with van der Waals surface area (Å²) in [5.74, 6) is 0. The highest BCUT2D eigenvalue weighted by Crippen LogP contribution is 2.23. The molecule has 0 aliphatic carbocycles. The number of aromatic nitrogens is 1. The van der Waals surface area contributed by atoms with Crippen LogP contribution in [0.25, 0.3) is 10.9 Å². The third kappa shape index (κ3) is 2.47. The lowest BCUT2D eigenvalue weighted by Crippen LogP contribution is -2.02.